The lowest BCUT2D eigenvalue weighted by molar-refractivity contribution is -0.115. The van der Waals surface area contributed by atoms with Gasteiger partial charge in [0.05, 0.1) is 5.25 Å². The minimum absolute atomic E-state index is 0.0328. The molecule has 1 saturated carbocycles. The largest absolute Gasteiger partial charge is 0.325 e. The number of anilines is 1. The van der Waals surface area contributed by atoms with Crippen LogP contribution in [0.5, 0.6) is 0 Å². The molecule has 7 heteroatoms. The van der Waals surface area contributed by atoms with Crippen molar-refractivity contribution in [3.8, 4) is 0 Å². The Bertz CT molecular complexity index is 742. The van der Waals surface area contributed by atoms with Gasteiger partial charge in [-0.25, -0.2) is 0 Å². The maximum Gasteiger partial charge on any atom is 0.237 e. The first-order chi connectivity index (χ1) is 11.5. The van der Waals surface area contributed by atoms with Crippen molar-refractivity contribution in [1.82, 2.24) is 14.8 Å². The van der Waals surface area contributed by atoms with E-state index in [2.05, 4.69) is 49.9 Å². The standard InChI is InChI=1S/C17H21BrN4OS/c1-10(2)15-20-21-17(22(15)14-7-8-14)24-11(3)16(23)19-13-6-4-5-12(18)9-13/h4-6,9-11,14H,7-8H2,1-3H3,(H,19,23). The number of nitrogens with one attached hydrogen (secondary N) is 1. The minimum Gasteiger partial charge on any atom is -0.325 e. The number of nitrogens with zero attached hydrogens (tertiary/aromatic N) is 3. The third kappa shape index (κ3) is 4.00. The van der Waals surface area contributed by atoms with Crippen molar-refractivity contribution in [3.05, 3.63) is 34.6 Å². The molecule has 2 aromatic rings. The Morgan fingerprint density at radius 1 is 1.33 bits per heavy atom. The van der Waals surface area contributed by atoms with E-state index in [1.165, 1.54) is 24.6 Å². The zero-order chi connectivity index (χ0) is 17.3. The van der Waals surface area contributed by atoms with Crippen LogP contribution in [0.3, 0.4) is 0 Å². The van der Waals surface area contributed by atoms with Gasteiger partial charge in [0.2, 0.25) is 5.91 Å². The third-order valence-electron chi connectivity index (χ3n) is 3.86. The maximum atomic E-state index is 12.5. The van der Waals surface area contributed by atoms with E-state index in [1.54, 1.807) is 0 Å². The lowest BCUT2D eigenvalue weighted by Gasteiger charge is -2.14. The fourth-order valence-electron chi connectivity index (χ4n) is 2.46. The smallest absolute Gasteiger partial charge is 0.237 e. The zero-order valence-electron chi connectivity index (χ0n) is 14.0. The molecule has 1 N–H and O–H groups in total. The summed E-state index contributed by atoms with van der Waals surface area (Å²) in [6.45, 7) is 6.15. The van der Waals surface area contributed by atoms with Crippen molar-refractivity contribution >= 4 is 39.3 Å². The highest BCUT2D eigenvalue weighted by Gasteiger charge is 2.31. The predicted molar refractivity (Wildman–Crippen MR) is 100 cm³/mol. The molecule has 0 saturated heterocycles. The van der Waals surface area contributed by atoms with Crippen molar-refractivity contribution in [2.75, 3.05) is 5.32 Å². The highest BCUT2D eigenvalue weighted by atomic mass is 79.9. The average molecular weight is 409 g/mol. The molecule has 1 aliphatic rings. The van der Waals surface area contributed by atoms with E-state index in [-0.39, 0.29) is 11.2 Å². The summed E-state index contributed by atoms with van der Waals surface area (Å²) in [6, 6.07) is 8.10. The van der Waals surface area contributed by atoms with Crippen molar-refractivity contribution in [1.29, 1.82) is 0 Å². The second-order valence-corrected chi connectivity index (χ2v) is 8.58. The quantitative estimate of drug-likeness (QED) is 0.708. The number of benzene rings is 1. The van der Waals surface area contributed by atoms with Gasteiger partial charge in [-0.05, 0) is 38.0 Å². The Kier molecular flexibility index (Phi) is 5.30. The van der Waals surface area contributed by atoms with Crippen LogP contribution in [0, 0.1) is 0 Å². The number of carbonyl (C=O) groups excluding carboxylic acids is 1. The van der Waals surface area contributed by atoms with Gasteiger partial charge in [0.1, 0.15) is 5.82 Å². The predicted octanol–water partition coefficient (Wildman–Crippen LogP) is 4.62. The molecule has 1 aromatic carbocycles. The summed E-state index contributed by atoms with van der Waals surface area (Å²) in [5.74, 6) is 1.31. The summed E-state index contributed by atoms with van der Waals surface area (Å²) in [4.78, 5) is 12.5. The number of carbonyl (C=O) groups is 1. The summed E-state index contributed by atoms with van der Waals surface area (Å²) in [7, 11) is 0. The van der Waals surface area contributed by atoms with Crippen molar-refractivity contribution in [2.45, 2.75) is 56.0 Å². The van der Waals surface area contributed by atoms with Gasteiger partial charge in [-0.3, -0.25) is 4.79 Å². The van der Waals surface area contributed by atoms with Crippen LogP contribution < -0.4 is 5.32 Å². The molecule has 1 heterocycles. The number of hydrogen-bond acceptors (Lipinski definition) is 4. The average Bonchev–Trinajstić information content (AvgIpc) is 3.27. The third-order valence-corrected chi connectivity index (χ3v) is 5.41. The van der Waals surface area contributed by atoms with Crippen LogP contribution in [-0.4, -0.2) is 25.9 Å². The van der Waals surface area contributed by atoms with Crippen LogP contribution in [0.25, 0.3) is 0 Å². The number of rotatable bonds is 6. The Morgan fingerprint density at radius 3 is 2.71 bits per heavy atom. The second-order valence-electron chi connectivity index (χ2n) is 6.36. The SMILES string of the molecule is CC(Sc1nnc(C(C)C)n1C1CC1)C(=O)Nc1cccc(Br)c1. The summed E-state index contributed by atoms with van der Waals surface area (Å²) >= 11 is 4.89. The highest BCUT2D eigenvalue weighted by molar-refractivity contribution is 9.10. The summed E-state index contributed by atoms with van der Waals surface area (Å²) in [6.07, 6.45) is 2.34. The molecule has 1 atom stereocenters. The lowest BCUT2D eigenvalue weighted by Crippen LogP contribution is -2.23. The van der Waals surface area contributed by atoms with Crippen LogP contribution in [0.4, 0.5) is 5.69 Å². The Morgan fingerprint density at radius 2 is 2.08 bits per heavy atom. The molecule has 0 spiro atoms. The van der Waals surface area contributed by atoms with Crippen molar-refractivity contribution < 1.29 is 4.79 Å². The lowest BCUT2D eigenvalue weighted by atomic mass is 10.2. The summed E-state index contributed by atoms with van der Waals surface area (Å²) in [5.41, 5.74) is 0.786. The molecule has 128 valence electrons. The van der Waals surface area contributed by atoms with E-state index in [0.717, 1.165) is 21.1 Å². The number of thioether (sulfide) groups is 1. The second kappa shape index (κ2) is 7.27. The van der Waals surface area contributed by atoms with Crippen LogP contribution >= 0.6 is 27.7 Å². The van der Waals surface area contributed by atoms with Crippen molar-refractivity contribution in [3.63, 3.8) is 0 Å². The van der Waals surface area contributed by atoms with Gasteiger partial charge in [0.15, 0.2) is 5.16 Å². The van der Waals surface area contributed by atoms with Gasteiger partial charge >= 0.3 is 0 Å². The minimum atomic E-state index is -0.245. The number of aromatic nitrogens is 3. The van der Waals surface area contributed by atoms with Crippen LogP contribution in [0.2, 0.25) is 0 Å². The molecule has 0 radical (unpaired) electrons. The molecule has 1 amide bonds. The molecule has 24 heavy (non-hydrogen) atoms. The highest BCUT2D eigenvalue weighted by Crippen LogP contribution is 2.40. The first kappa shape index (κ1) is 17.5. The van der Waals surface area contributed by atoms with Gasteiger partial charge in [0.25, 0.3) is 0 Å². The summed E-state index contributed by atoms with van der Waals surface area (Å²) in [5, 5.41) is 12.2. The van der Waals surface area contributed by atoms with E-state index in [0.29, 0.717) is 12.0 Å². The Hall–Kier alpha value is -1.34. The van der Waals surface area contributed by atoms with E-state index in [9.17, 15) is 4.79 Å². The Balaban J connectivity index is 1.70. The van der Waals surface area contributed by atoms with Gasteiger partial charge < -0.3 is 9.88 Å². The van der Waals surface area contributed by atoms with E-state index < -0.39 is 0 Å². The number of halogens is 1. The van der Waals surface area contributed by atoms with E-state index >= 15 is 0 Å². The first-order valence-corrected chi connectivity index (χ1v) is 9.81. The number of hydrogen-bond donors (Lipinski definition) is 1. The van der Waals surface area contributed by atoms with Gasteiger partial charge in [0, 0.05) is 22.1 Å². The fraction of sp³-hybridized carbons (Fsp3) is 0.471. The molecular formula is C17H21BrN4OS. The van der Waals surface area contributed by atoms with Gasteiger partial charge in [-0.15, -0.1) is 10.2 Å². The molecule has 1 aliphatic carbocycles. The topological polar surface area (TPSA) is 59.8 Å². The molecule has 1 unspecified atom stereocenters. The molecule has 1 aromatic heterocycles. The maximum absolute atomic E-state index is 12.5. The van der Waals surface area contributed by atoms with Crippen molar-refractivity contribution in [2.24, 2.45) is 0 Å². The van der Waals surface area contributed by atoms with Gasteiger partial charge in [-0.1, -0.05) is 47.6 Å². The number of amides is 1. The van der Waals surface area contributed by atoms with Crippen LogP contribution in [-0.2, 0) is 4.79 Å². The molecule has 3 rings (SSSR count). The van der Waals surface area contributed by atoms with E-state index in [1.807, 2.05) is 31.2 Å². The molecule has 0 aliphatic heterocycles. The Labute approximate surface area is 154 Å². The van der Waals surface area contributed by atoms with Crippen LogP contribution in [0.15, 0.2) is 33.9 Å². The molecular weight excluding hydrogens is 388 g/mol. The first-order valence-electron chi connectivity index (χ1n) is 8.13. The summed E-state index contributed by atoms with van der Waals surface area (Å²) < 4.78 is 3.16. The van der Waals surface area contributed by atoms with Crippen LogP contribution in [0.1, 0.15) is 51.4 Å². The monoisotopic (exact) mass is 408 g/mol. The van der Waals surface area contributed by atoms with Gasteiger partial charge in [-0.2, -0.15) is 0 Å². The van der Waals surface area contributed by atoms with E-state index in [4.69, 9.17) is 0 Å². The molecule has 0 bridgehead atoms. The normalized spacial score (nSPS) is 15.5. The zero-order valence-corrected chi connectivity index (χ0v) is 16.4. The fourth-order valence-corrected chi connectivity index (χ4v) is 3.79. The molecule has 5 nitrogen and oxygen atoms in total. The molecule has 1 fully saturated rings.